The lowest BCUT2D eigenvalue weighted by atomic mass is 9.64. The van der Waals surface area contributed by atoms with E-state index in [-0.39, 0.29) is 0 Å². The lowest BCUT2D eigenvalue weighted by Gasteiger charge is -2.41. The van der Waals surface area contributed by atoms with Gasteiger partial charge in [-0.15, -0.1) is 0 Å². The molecule has 0 radical (unpaired) electrons. The van der Waals surface area contributed by atoms with Crippen molar-refractivity contribution in [1.29, 1.82) is 0 Å². The minimum Gasteiger partial charge on any atom is -0.195 e. The van der Waals surface area contributed by atoms with E-state index in [0.717, 1.165) is 41.2 Å². The highest BCUT2D eigenvalue weighted by atomic mass is 32.1. The molecule has 1 aromatic rings. The Morgan fingerprint density at radius 1 is 0.605 bits per heavy atom. The molecule has 3 aliphatic rings. The zero-order valence-corrected chi connectivity index (χ0v) is 25.5. The molecule has 0 heterocycles. The molecular formula is C36H57NS. The van der Waals surface area contributed by atoms with Crippen molar-refractivity contribution in [3.8, 4) is 0 Å². The van der Waals surface area contributed by atoms with E-state index in [0.29, 0.717) is 0 Å². The number of nitrogens with zero attached hydrogens (tertiary/aromatic N) is 1. The predicted octanol–water partition coefficient (Wildman–Crippen LogP) is 12.2. The van der Waals surface area contributed by atoms with Crippen molar-refractivity contribution in [2.45, 2.75) is 154 Å². The van der Waals surface area contributed by atoms with Crippen LogP contribution >= 0.6 is 12.2 Å². The topological polar surface area (TPSA) is 12.4 Å². The van der Waals surface area contributed by atoms with Crippen molar-refractivity contribution in [1.82, 2.24) is 0 Å². The molecule has 4 rings (SSSR count). The molecule has 0 unspecified atom stereocenters. The zero-order valence-electron chi connectivity index (χ0n) is 24.7. The number of aliphatic imine (C=N–C) groups is 1. The van der Waals surface area contributed by atoms with E-state index in [1.54, 1.807) is 38.5 Å². The molecule has 0 amide bonds. The first-order valence-electron chi connectivity index (χ1n) is 16.9. The predicted molar refractivity (Wildman–Crippen MR) is 169 cm³/mol. The van der Waals surface area contributed by atoms with Gasteiger partial charge in [-0.2, -0.15) is 4.99 Å². The summed E-state index contributed by atoms with van der Waals surface area (Å²) in [6, 6.07) is 8.75. The third-order valence-corrected chi connectivity index (χ3v) is 11.2. The maximum atomic E-state index is 4.73. The van der Waals surface area contributed by atoms with E-state index in [9.17, 15) is 0 Å². The average molecular weight is 536 g/mol. The molecule has 3 saturated carbocycles. The summed E-state index contributed by atoms with van der Waals surface area (Å²) in [6.07, 6.45) is 32.7. The normalized spacial score (nSPS) is 30.0. The molecule has 0 aromatic heterocycles. The number of hydrogen-bond donors (Lipinski definition) is 0. The minimum absolute atomic E-state index is 0.749. The standard InChI is InChI=1S/C36H57NS/c1-2-3-4-5-6-7-8-9-10-11-29-12-14-30(15-13-29)31-16-18-32(19-17-31)33-20-22-34(23-21-33)35-24-26-36(27-25-35)37-28-38/h24-27,29-34H,2-23H2,1H3. The second-order valence-electron chi connectivity index (χ2n) is 13.5. The molecular weight excluding hydrogens is 478 g/mol. The SMILES string of the molecule is CCCCCCCCCCCC1CCC(C2CCC(C3CCC(c4ccc(N=C=S)cc4)CC3)CC2)CC1. The van der Waals surface area contributed by atoms with Gasteiger partial charge in [-0.1, -0.05) is 96.1 Å². The zero-order chi connectivity index (χ0) is 26.4. The summed E-state index contributed by atoms with van der Waals surface area (Å²) >= 11 is 4.73. The highest BCUT2D eigenvalue weighted by molar-refractivity contribution is 7.78. The van der Waals surface area contributed by atoms with Crippen LogP contribution < -0.4 is 0 Å². The molecule has 0 spiro atoms. The Labute approximate surface area is 241 Å². The van der Waals surface area contributed by atoms with E-state index in [4.69, 9.17) is 12.2 Å². The third kappa shape index (κ3) is 9.59. The smallest absolute Gasteiger partial charge is 0.0739 e. The average Bonchev–Trinajstić information content (AvgIpc) is 2.97. The Bertz CT molecular complexity index is 800. The second kappa shape index (κ2) is 17.0. The number of benzene rings is 1. The molecule has 38 heavy (non-hydrogen) atoms. The van der Waals surface area contributed by atoms with Gasteiger partial charge in [-0.05, 0) is 130 Å². The summed E-state index contributed by atoms with van der Waals surface area (Å²) in [5.41, 5.74) is 2.44. The van der Waals surface area contributed by atoms with Gasteiger partial charge in [0.2, 0.25) is 0 Å². The summed E-state index contributed by atoms with van der Waals surface area (Å²) < 4.78 is 0. The summed E-state index contributed by atoms with van der Waals surface area (Å²) in [7, 11) is 0. The van der Waals surface area contributed by atoms with Crippen molar-refractivity contribution in [3.63, 3.8) is 0 Å². The molecule has 0 N–H and O–H groups in total. The third-order valence-electron chi connectivity index (χ3n) is 11.1. The number of rotatable bonds is 14. The van der Waals surface area contributed by atoms with Gasteiger partial charge in [0.05, 0.1) is 10.8 Å². The minimum atomic E-state index is 0.749. The van der Waals surface area contributed by atoms with Crippen molar-refractivity contribution < 1.29 is 0 Å². The molecule has 0 bridgehead atoms. The van der Waals surface area contributed by atoms with Crippen LogP contribution in [-0.2, 0) is 0 Å². The fourth-order valence-corrected chi connectivity index (χ4v) is 8.68. The van der Waals surface area contributed by atoms with Gasteiger partial charge in [0.25, 0.3) is 0 Å². The number of unbranched alkanes of at least 4 members (excludes halogenated alkanes) is 8. The summed E-state index contributed by atoms with van der Waals surface area (Å²) in [4.78, 5) is 4.10. The van der Waals surface area contributed by atoms with E-state index >= 15 is 0 Å². The van der Waals surface area contributed by atoms with Gasteiger partial charge in [-0.25, -0.2) is 0 Å². The van der Waals surface area contributed by atoms with Crippen LogP contribution in [0.1, 0.15) is 160 Å². The Kier molecular flexibility index (Phi) is 13.4. The number of isothiocyanates is 1. The van der Waals surface area contributed by atoms with Crippen LogP contribution in [0.2, 0.25) is 0 Å². The van der Waals surface area contributed by atoms with Gasteiger partial charge in [0, 0.05) is 0 Å². The fraction of sp³-hybridized carbons (Fsp3) is 0.806. The first-order chi connectivity index (χ1) is 18.8. The van der Waals surface area contributed by atoms with Gasteiger partial charge in [0.15, 0.2) is 0 Å². The second-order valence-corrected chi connectivity index (χ2v) is 13.7. The van der Waals surface area contributed by atoms with Crippen LogP contribution in [0.4, 0.5) is 5.69 Å². The summed E-state index contributed by atoms with van der Waals surface area (Å²) in [6.45, 7) is 2.31. The van der Waals surface area contributed by atoms with Crippen molar-refractivity contribution in [2.24, 2.45) is 34.6 Å². The quantitative estimate of drug-likeness (QED) is 0.131. The van der Waals surface area contributed by atoms with E-state index in [1.807, 2.05) is 0 Å². The Balaban J connectivity index is 1.05. The van der Waals surface area contributed by atoms with Crippen molar-refractivity contribution in [2.75, 3.05) is 0 Å². The molecule has 0 atom stereocenters. The van der Waals surface area contributed by atoms with Crippen molar-refractivity contribution >= 4 is 23.1 Å². The first kappa shape index (κ1) is 30.0. The first-order valence-corrected chi connectivity index (χ1v) is 17.4. The van der Waals surface area contributed by atoms with Gasteiger partial charge in [0.1, 0.15) is 0 Å². The van der Waals surface area contributed by atoms with Gasteiger partial charge < -0.3 is 0 Å². The highest BCUT2D eigenvalue weighted by Crippen LogP contribution is 2.47. The fourth-order valence-electron chi connectivity index (χ4n) is 8.58. The molecule has 1 aromatic carbocycles. The van der Waals surface area contributed by atoms with Crippen LogP contribution in [-0.4, -0.2) is 5.16 Å². The van der Waals surface area contributed by atoms with Crippen LogP contribution in [0.5, 0.6) is 0 Å². The van der Waals surface area contributed by atoms with E-state index < -0.39 is 0 Å². The number of thiocarbonyl (C=S) groups is 1. The highest BCUT2D eigenvalue weighted by Gasteiger charge is 2.34. The lowest BCUT2D eigenvalue weighted by molar-refractivity contribution is 0.108. The number of hydrogen-bond acceptors (Lipinski definition) is 2. The van der Waals surface area contributed by atoms with Crippen LogP contribution in [0.15, 0.2) is 29.3 Å². The van der Waals surface area contributed by atoms with E-state index in [1.165, 1.54) is 108 Å². The maximum absolute atomic E-state index is 4.73. The Morgan fingerprint density at radius 2 is 1.05 bits per heavy atom. The molecule has 3 fully saturated rings. The Morgan fingerprint density at radius 3 is 1.55 bits per heavy atom. The van der Waals surface area contributed by atoms with Gasteiger partial charge in [-0.3, -0.25) is 0 Å². The lowest BCUT2D eigenvalue weighted by Crippen LogP contribution is -2.29. The molecule has 212 valence electrons. The molecule has 1 nitrogen and oxygen atoms in total. The van der Waals surface area contributed by atoms with Crippen molar-refractivity contribution in [3.05, 3.63) is 29.8 Å². The molecule has 0 aliphatic heterocycles. The summed E-state index contributed by atoms with van der Waals surface area (Å²) in [5.74, 6) is 5.96. The summed E-state index contributed by atoms with van der Waals surface area (Å²) in [5, 5.41) is 2.48. The van der Waals surface area contributed by atoms with Gasteiger partial charge >= 0.3 is 0 Å². The monoisotopic (exact) mass is 535 g/mol. The largest absolute Gasteiger partial charge is 0.195 e. The molecule has 2 heteroatoms. The van der Waals surface area contributed by atoms with Crippen LogP contribution in [0.25, 0.3) is 0 Å². The van der Waals surface area contributed by atoms with Crippen LogP contribution in [0, 0.1) is 29.6 Å². The van der Waals surface area contributed by atoms with E-state index in [2.05, 4.69) is 41.3 Å². The maximum Gasteiger partial charge on any atom is 0.0739 e. The molecule has 0 saturated heterocycles. The van der Waals surface area contributed by atoms with Crippen LogP contribution in [0.3, 0.4) is 0 Å². The molecule has 3 aliphatic carbocycles. The Hall–Kier alpha value is -0.980.